The molecule has 1 aromatic heterocycles. The Morgan fingerprint density at radius 2 is 1.85 bits per heavy atom. The van der Waals surface area contributed by atoms with Gasteiger partial charge in [0.2, 0.25) is 11.9 Å². The Morgan fingerprint density at radius 3 is 2.50 bits per heavy atom. The number of likely N-dealkylation sites (N-methyl/N-ethyl adjacent to an activating group) is 1. The minimum Gasteiger partial charge on any atom is -0.490 e. The molecule has 34 heavy (non-hydrogen) atoms. The molecule has 2 fully saturated rings. The summed E-state index contributed by atoms with van der Waals surface area (Å²) in [5.74, 6) is 1.18. The molecule has 1 aliphatic heterocycles. The Kier molecular flexibility index (Phi) is 7.63. The monoisotopic (exact) mass is 472 g/mol. The highest BCUT2D eigenvalue weighted by molar-refractivity contribution is 5.78. The van der Waals surface area contributed by atoms with E-state index in [9.17, 15) is 13.6 Å². The summed E-state index contributed by atoms with van der Waals surface area (Å²) in [6, 6.07) is 2.13. The number of anilines is 1. The first-order valence-corrected chi connectivity index (χ1v) is 12.2. The minimum atomic E-state index is -0.628. The molecule has 6 nitrogen and oxygen atoms in total. The topological polar surface area (TPSA) is 58.6 Å². The molecule has 2 atom stereocenters. The number of rotatable bonds is 9. The molecule has 0 N–H and O–H groups in total. The van der Waals surface area contributed by atoms with Gasteiger partial charge in [0, 0.05) is 51.2 Å². The van der Waals surface area contributed by atoms with Crippen LogP contribution in [0.3, 0.4) is 0 Å². The van der Waals surface area contributed by atoms with Crippen molar-refractivity contribution < 1.29 is 18.3 Å². The van der Waals surface area contributed by atoms with E-state index in [2.05, 4.69) is 21.8 Å². The normalized spacial score (nSPS) is 20.3. The van der Waals surface area contributed by atoms with Crippen LogP contribution in [0.1, 0.15) is 43.7 Å². The Bertz CT molecular complexity index is 991. The van der Waals surface area contributed by atoms with Gasteiger partial charge in [-0.05, 0) is 61.5 Å². The first kappa shape index (κ1) is 24.4. The van der Waals surface area contributed by atoms with Crippen molar-refractivity contribution in [2.45, 2.75) is 45.4 Å². The average molecular weight is 473 g/mol. The van der Waals surface area contributed by atoms with Crippen LogP contribution < -0.4 is 9.64 Å². The summed E-state index contributed by atoms with van der Waals surface area (Å²) >= 11 is 0. The molecule has 2 aromatic rings. The second-order valence-electron chi connectivity index (χ2n) is 9.71. The lowest BCUT2D eigenvalue weighted by molar-refractivity contribution is -0.128. The standard InChI is InChI=1S/C26H34F2N4O2/c1-4-17-15-29-26(30-16-17)32-8-5-18(6-9-32)21-11-19(21)7-10-34-24-14-22(27)20(12-23(24)28)13-25(33)31(2)3/h12,14-16,18-19,21H,4-11,13H2,1-3H3/t19-,21-/m1/s1. The Balaban J connectivity index is 1.20. The molecule has 2 heterocycles. The van der Waals surface area contributed by atoms with E-state index in [1.54, 1.807) is 14.1 Å². The third kappa shape index (κ3) is 5.83. The SMILES string of the molecule is CCc1cnc(N2CCC([C@H]3C[C@H]3CCOc3cc(F)c(CC(=O)N(C)C)cc3F)CC2)nc1. The fourth-order valence-corrected chi connectivity index (χ4v) is 4.86. The summed E-state index contributed by atoms with van der Waals surface area (Å²) in [7, 11) is 3.17. The van der Waals surface area contributed by atoms with Gasteiger partial charge in [-0.15, -0.1) is 0 Å². The number of piperidine rings is 1. The lowest BCUT2D eigenvalue weighted by Gasteiger charge is -2.32. The highest BCUT2D eigenvalue weighted by atomic mass is 19.1. The van der Waals surface area contributed by atoms with Crippen molar-refractivity contribution >= 4 is 11.9 Å². The molecule has 1 aromatic carbocycles. The molecule has 0 spiro atoms. The van der Waals surface area contributed by atoms with Crippen molar-refractivity contribution in [1.82, 2.24) is 14.9 Å². The second-order valence-corrected chi connectivity index (χ2v) is 9.71. The number of benzene rings is 1. The van der Waals surface area contributed by atoms with Gasteiger partial charge < -0.3 is 14.5 Å². The van der Waals surface area contributed by atoms with Crippen molar-refractivity contribution in [2.24, 2.45) is 17.8 Å². The highest BCUT2D eigenvalue weighted by Gasteiger charge is 2.43. The number of hydrogen-bond donors (Lipinski definition) is 0. The smallest absolute Gasteiger partial charge is 0.226 e. The van der Waals surface area contributed by atoms with Crippen LogP contribution in [0.2, 0.25) is 0 Å². The molecule has 1 saturated carbocycles. The molecular formula is C26H34F2N4O2. The highest BCUT2D eigenvalue weighted by Crippen LogP contribution is 2.49. The Hall–Kier alpha value is -2.77. The van der Waals surface area contributed by atoms with Crippen LogP contribution in [-0.4, -0.2) is 54.6 Å². The molecule has 4 rings (SSSR count). The van der Waals surface area contributed by atoms with Gasteiger partial charge in [0.05, 0.1) is 13.0 Å². The van der Waals surface area contributed by atoms with Crippen LogP contribution in [0.15, 0.2) is 24.5 Å². The van der Waals surface area contributed by atoms with Crippen molar-refractivity contribution in [3.05, 3.63) is 47.3 Å². The molecule has 2 aliphatic rings. The Morgan fingerprint density at radius 1 is 1.15 bits per heavy atom. The van der Waals surface area contributed by atoms with E-state index in [1.807, 2.05) is 12.4 Å². The number of nitrogens with zero attached hydrogens (tertiary/aromatic N) is 4. The van der Waals surface area contributed by atoms with Crippen LogP contribution in [-0.2, 0) is 17.6 Å². The van der Waals surface area contributed by atoms with Crippen molar-refractivity contribution in [1.29, 1.82) is 0 Å². The average Bonchev–Trinajstić information content (AvgIpc) is 3.61. The summed E-state index contributed by atoms with van der Waals surface area (Å²) in [6.45, 7) is 4.41. The number of ether oxygens (including phenoxy) is 1. The molecule has 0 unspecified atom stereocenters. The summed E-state index contributed by atoms with van der Waals surface area (Å²) in [6.07, 6.45) is 8.89. The van der Waals surface area contributed by atoms with Gasteiger partial charge in [-0.1, -0.05) is 6.92 Å². The maximum absolute atomic E-state index is 14.4. The zero-order valence-electron chi connectivity index (χ0n) is 20.3. The second kappa shape index (κ2) is 10.7. The number of aryl methyl sites for hydroxylation is 1. The van der Waals surface area contributed by atoms with Gasteiger partial charge in [0.25, 0.3) is 0 Å². The van der Waals surface area contributed by atoms with Gasteiger partial charge in [-0.25, -0.2) is 18.7 Å². The summed E-state index contributed by atoms with van der Waals surface area (Å²) in [5.41, 5.74) is 1.20. The largest absolute Gasteiger partial charge is 0.490 e. The van der Waals surface area contributed by atoms with Gasteiger partial charge in [-0.3, -0.25) is 4.79 Å². The zero-order valence-corrected chi connectivity index (χ0v) is 20.3. The maximum atomic E-state index is 14.4. The maximum Gasteiger partial charge on any atom is 0.226 e. The van der Waals surface area contributed by atoms with Crippen LogP contribution in [0.5, 0.6) is 5.75 Å². The van der Waals surface area contributed by atoms with Crippen molar-refractivity contribution in [3.63, 3.8) is 0 Å². The molecule has 1 amide bonds. The van der Waals surface area contributed by atoms with Crippen LogP contribution >= 0.6 is 0 Å². The first-order valence-electron chi connectivity index (χ1n) is 12.2. The van der Waals surface area contributed by atoms with Crippen molar-refractivity contribution in [3.8, 4) is 5.75 Å². The van der Waals surface area contributed by atoms with Crippen molar-refractivity contribution in [2.75, 3.05) is 38.7 Å². The zero-order chi connectivity index (χ0) is 24.2. The quantitative estimate of drug-likeness (QED) is 0.546. The third-order valence-corrected chi connectivity index (χ3v) is 7.19. The van der Waals surface area contributed by atoms with E-state index in [1.165, 1.54) is 11.3 Å². The number of halogens is 2. The van der Waals surface area contributed by atoms with E-state index < -0.39 is 11.6 Å². The lowest BCUT2D eigenvalue weighted by atomic mass is 9.90. The van der Waals surface area contributed by atoms with Crippen LogP contribution in [0.25, 0.3) is 0 Å². The van der Waals surface area contributed by atoms with E-state index in [0.29, 0.717) is 24.4 Å². The molecule has 0 radical (unpaired) electrons. The van der Waals surface area contributed by atoms with Crippen LogP contribution in [0, 0.1) is 29.4 Å². The van der Waals surface area contributed by atoms with Gasteiger partial charge in [0.15, 0.2) is 11.6 Å². The molecule has 8 heteroatoms. The predicted molar refractivity (Wildman–Crippen MR) is 127 cm³/mol. The summed E-state index contributed by atoms with van der Waals surface area (Å²) in [4.78, 5) is 24.4. The van der Waals surface area contributed by atoms with E-state index in [-0.39, 0.29) is 23.6 Å². The minimum absolute atomic E-state index is 0.0452. The third-order valence-electron chi connectivity index (χ3n) is 7.19. The van der Waals surface area contributed by atoms with Gasteiger partial charge in [0.1, 0.15) is 5.82 Å². The summed E-state index contributed by atoms with van der Waals surface area (Å²) < 4.78 is 34.3. The predicted octanol–water partition coefficient (Wildman–Crippen LogP) is 4.27. The first-order chi connectivity index (χ1) is 16.4. The van der Waals surface area contributed by atoms with Crippen LogP contribution in [0.4, 0.5) is 14.7 Å². The molecule has 0 bridgehead atoms. The van der Waals surface area contributed by atoms with Gasteiger partial charge in [-0.2, -0.15) is 0 Å². The molecule has 1 saturated heterocycles. The summed E-state index contributed by atoms with van der Waals surface area (Å²) in [5, 5.41) is 0. The fraction of sp³-hybridized carbons (Fsp3) is 0.577. The lowest BCUT2D eigenvalue weighted by Crippen LogP contribution is -2.35. The molecule has 1 aliphatic carbocycles. The number of amides is 1. The Labute approximate surface area is 200 Å². The van der Waals surface area contributed by atoms with Gasteiger partial charge >= 0.3 is 0 Å². The van der Waals surface area contributed by atoms with E-state index in [4.69, 9.17) is 4.74 Å². The number of aromatic nitrogens is 2. The van der Waals surface area contributed by atoms with E-state index >= 15 is 0 Å². The molecular weight excluding hydrogens is 438 g/mol. The number of hydrogen-bond acceptors (Lipinski definition) is 5. The number of carbonyl (C=O) groups is 1. The fourth-order valence-electron chi connectivity index (χ4n) is 4.86. The van der Waals surface area contributed by atoms with E-state index in [0.717, 1.165) is 62.4 Å². The number of carbonyl (C=O) groups excluding carboxylic acids is 1. The molecule has 184 valence electrons.